The molecule has 1 heterocycles. The molecular formula is C24H24FN3O3. The van der Waals surface area contributed by atoms with E-state index in [9.17, 15) is 9.18 Å². The van der Waals surface area contributed by atoms with Crippen LogP contribution < -0.4 is 14.8 Å². The van der Waals surface area contributed by atoms with Crippen LogP contribution in [0.25, 0.3) is 11.1 Å². The highest BCUT2D eigenvalue weighted by Crippen LogP contribution is 2.23. The van der Waals surface area contributed by atoms with Crippen molar-refractivity contribution in [3.63, 3.8) is 0 Å². The molecule has 0 atom stereocenters. The molecule has 31 heavy (non-hydrogen) atoms. The van der Waals surface area contributed by atoms with Crippen LogP contribution in [-0.4, -0.2) is 34.6 Å². The average molecular weight is 421 g/mol. The maximum atomic E-state index is 12.9. The average Bonchev–Trinajstić information content (AvgIpc) is 2.81. The van der Waals surface area contributed by atoms with Crippen LogP contribution in [0.3, 0.4) is 0 Å². The number of nitrogens with one attached hydrogen (secondary N) is 1. The van der Waals surface area contributed by atoms with E-state index in [2.05, 4.69) is 27.4 Å². The van der Waals surface area contributed by atoms with E-state index in [4.69, 9.17) is 9.47 Å². The topological polar surface area (TPSA) is 73.3 Å². The summed E-state index contributed by atoms with van der Waals surface area (Å²) in [4.78, 5) is 19.9. The molecule has 0 unspecified atom stereocenters. The van der Waals surface area contributed by atoms with E-state index in [0.29, 0.717) is 5.75 Å². The predicted molar refractivity (Wildman–Crippen MR) is 114 cm³/mol. The normalized spacial score (nSPS) is 18.2. The van der Waals surface area contributed by atoms with Gasteiger partial charge in [0.1, 0.15) is 11.9 Å². The van der Waals surface area contributed by atoms with Crippen molar-refractivity contribution < 1.29 is 18.7 Å². The zero-order chi connectivity index (χ0) is 21.5. The number of nitrogens with zero attached hydrogens (tertiary/aromatic N) is 2. The van der Waals surface area contributed by atoms with Crippen molar-refractivity contribution in [3.05, 3.63) is 72.8 Å². The number of rotatable bonds is 7. The van der Waals surface area contributed by atoms with Gasteiger partial charge < -0.3 is 14.8 Å². The molecule has 1 aromatic heterocycles. The van der Waals surface area contributed by atoms with Crippen LogP contribution in [0.4, 0.5) is 4.39 Å². The predicted octanol–water partition coefficient (Wildman–Crippen LogP) is 4.17. The summed E-state index contributed by atoms with van der Waals surface area (Å²) in [6.07, 6.45) is 5.28. The van der Waals surface area contributed by atoms with Crippen molar-refractivity contribution in [1.29, 1.82) is 0 Å². The Bertz CT molecular complexity index is 973. The van der Waals surface area contributed by atoms with Crippen LogP contribution in [0.2, 0.25) is 0 Å². The van der Waals surface area contributed by atoms with Crippen molar-refractivity contribution in [2.24, 2.45) is 0 Å². The number of carbonyl (C=O) groups is 1. The lowest BCUT2D eigenvalue weighted by Gasteiger charge is -2.28. The Hall–Kier alpha value is -3.48. The zero-order valence-electron chi connectivity index (χ0n) is 17.0. The number of benzene rings is 2. The molecule has 1 fully saturated rings. The highest BCUT2D eigenvalue weighted by Gasteiger charge is 2.24. The molecule has 0 bridgehead atoms. The Labute approximate surface area is 180 Å². The SMILES string of the molecule is O=C(COc1ccc(-c2ccccc2)cc1)NC1CCC(Oc2ncc(F)cn2)CC1. The van der Waals surface area contributed by atoms with E-state index >= 15 is 0 Å². The molecule has 0 aliphatic heterocycles. The van der Waals surface area contributed by atoms with Gasteiger partial charge in [0.25, 0.3) is 5.91 Å². The summed E-state index contributed by atoms with van der Waals surface area (Å²) in [7, 11) is 0. The van der Waals surface area contributed by atoms with Crippen molar-refractivity contribution in [2.75, 3.05) is 6.61 Å². The molecule has 1 N–H and O–H groups in total. The molecule has 1 amide bonds. The third kappa shape index (κ3) is 6.01. The zero-order valence-corrected chi connectivity index (χ0v) is 17.0. The smallest absolute Gasteiger partial charge is 0.316 e. The number of hydrogen-bond donors (Lipinski definition) is 1. The molecule has 160 valence electrons. The summed E-state index contributed by atoms with van der Waals surface area (Å²) in [5, 5.41) is 3.02. The summed E-state index contributed by atoms with van der Waals surface area (Å²) in [6.45, 7) is -0.0233. The number of hydrogen-bond acceptors (Lipinski definition) is 5. The minimum absolute atomic E-state index is 0.0233. The molecule has 7 heteroatoms. The lowest BCUT2D eigenvalue weighted by Crippen LogP contribution is -2.41. The molecule has 2 aromatic carbocycles. The fourth-order valence-electron chi connectivity index (χ4n) is 3.63. The molecule has 1 saturated carbocycles. The second-order valence-electron chi connectivity index (χ2n) is 7.52. The van der Waals surface area contributed by atoms with Crippen molar-refractivity contribution >= 4 is 5.91 Å². The first-order chi connectivity index (χ1) is 15.2. The third-order valence-corrected chi connectivity index (χ3v) is 5.24. The van der Waals surface area contributed by atoms with Crippen LogP contribution in [0.15, 0.2) is 67.0 Å². The van der Waals surface area contributed by atoms with Gasteiger partial charge in [-0.2, -0.15) is 0 Å². The molecule has 6 nitrogen and oxygen atoms in total. The van der Waals surface area contributed by atoms with Crippen molar-refractivity contribution in [2.45, 2.75) is 37.8 Å². The summed E-state index contributed by atoms with van der Waals surface area (Å²) < 4.78 is 24.2. The minimum Gasteiger partial charge on any atom is -0.484 e. The maximum absolute atomic E-state index is 12.9. The molecule has 0 radical (unpaired) electrons. The van der Waals surface area contributed by atoms with Gasteiger partial charge >= 0.3 is 6.01 Å². The van der Waals surface area contributed by atoms with Crippen LogP contribution in [0.5, 0.6) is 11.8 Å². The Kier molecular flexibility index (Phi) is 6.72. The second kappa shape index (κ2) is 10.0. The summed E-state index contributed by atoms with van der Waals surface area (Å²) in [5.41, 5.74) is 2.24. The molecular weight excluding hydrogens is 397 g/mol. The van der Waals surface area contributed by atoms with E-state index in [0.717, 1.165) is 49.2 Å². The van der Waals surface area contributed by atoms with Gasteiger partial charge in [-0.1, -0.05) is 42.5 Å². The van der Waals surface area contributed by atoms with Crippen LogP contribution >= 0.6 is 0 Å². The van der Waals surface area contributed by atoms with Gasteiger partial charge in [0.15, 0.2) is 12.4 Å². The Morgan fingerprint density at radius 1 is 0.935 bits per heavy atom. The minimum atomic E-state index is -0.492. The first-order valence-corrected chi connectivity index (χ1v) is 10.4. The first-order valence-electron chi connectivity index (χ1n) is 10.4. The second-order valence-corrected chi connectivity index (χ2v) is 7.52. The van der Waals surface area contributed by atoms with Gasteiger partial charge in [0.2, 0.25) is 0 Å². The van der Waals surface area contributed by atoms with E-state index in [1.165, 1.54) is 0 Å². The van der Waals surface area contributed by atoms with E-state index in [-0.39, 0.29) is 30.7 Å². The fraction of sp³-hybridized carbons (Fsp3) is 0.292. The maximum Gasteiger partial charge on any atom is 0.316 e. The van der Waals surface area contributed by atoms with Crippen LogP contribution in [-0.2, 0) is 4.79 Å². The molecule has 1 aliphatic carbocycles. The molecule has 0 spiro atoms. The van der Waals surface area contributed by atoms with Gasteiger partial charge in [-0.05, 0) is 48.9 Å². The Morgan fingerprint density at radius 3 is 2.26 bits per heavy atom. The van der Waals surface area contributed by atoms with Gasteiger partial charge in [-0.25, -0.2) is 14.4 Å². The van der Waals surface area contributed by atoms with Crippen molar-refractivity contribution in [1.82, 2.24) is 15.3 Å². The van der Waals surface area contributed by atoms with Crippen LogP contribution in [0, 0.1) is 5.82 Å². The largest absolute Gasteiger partial charge is 0.484 e. The standard InChI is InChI=1S/C24H24FN3O3/c25-19-14-26-24(27-15-19)31-22-12-8-20(9-13-22)28-23(29)16-30-21-10-6-18(7-11-21)17-4-2-1-3-5-17/h1-7,10-11,14-15,20,22H,8-9,12-13,16H2,(H,28,29). The number of carbonyl (C=O) groups excluding carboxylic acids is 1. The molecule has 0 saturated heterocycles. The van der Waals surface area contributed by atoms with E-state index in [1.807, 2.05) is 42.5 Å². The van der Waals surface area contributed by atoms with Crippen molar-refractivity contribution in [3.8, 4) is 22.9 Å². The molecule has 1 aliphatic rings. The number of amides is 1. The fourth-order valence-corrected chi connectivity index (χ4v) is 3.63. The Balaban J connectivity index is 1.18. The van der Waals surface area contributed by atoms with E-state index < -0.39 is 5.82 Å². The van der Waals surface area contributed by atoms with Gasteiger partial charge in [-0.15, -0.1) is 0 Å². The third-order valence-electron chi connectivity index (χ3n) is 5.24. The van der Waals surface area contributed by atoms with Gasteiger partial charge in [0.05, 0.1) is 12.4 Å². The van der Waals surface area contributed by atoms with E-state index in [1.54, 1.807) is 0 Å². The number of halogens is 1. The lowest BCUT2D eigenvalue weighted by atomic mass is 9.93. The first kappa shape index (κ1) is 20.8. The number of aromatic nitrogens is 2. The highest BCUT2D eigenvalue weighted by atomic mass is 19.1. The lowest BCUT2D eigenvalue weighted by molar-refractivity contribution is -0.124. The van der Waals surface area contributed by atoms with Gasteiger partial charge in [-0.3, -0.25) is 4.79 Å². The van der Waals surface area contributed by atoms with Crippen LogP contribution in [0.1, 0.15) is 25.7 Å². The van der Waals surface area contributed by atoms with Gasteiger partial charge in [0, 0.05) is 6.04 Å². The monoisotopic (exact) mass is 421 g/mol. The molecule has 3 aromatic rings. The summed E-state index contributed by atoms with van der Waals surface area (Å²) >= 11 is 0. The Morgan fingerprint density at radius 2 is 1.58 bits per heavy atom. The molecule has 4 rings (SSSR count). The highest BCUT2D eigenvalue weighted by molar-refractivity contribution is 5.77. The number of ether oxygens (including phenoxy) is 2. The summed E-state index contributed by atoms with van der Waals surface area (Å²) in [6, 6.07) is 18.1. The quantitative estimate of drug-likeness (QED) is 0.620. The summed E-state index contributed by atoms with van der Waals surface area (Å²) in [5.74, 6) is 0.0257.